The highest BCUT2D eigenvalue weighted by molar-refractivity contribution is 5.85. The molecular weight excluding hydrogens is 358 g/mol. The molecule has 1 aromatic carbocycles. The standard InChI is InChI=1S/C18H23N3O4.ClH/c1-24-17-5-3-2-4-13(17)15-9-12(25-21-15)10-20-18(23)11-6-7-14(19)16(22)8-11;/h2-5,9,11,14,16,22H,6-8,10,19H2,1H3,(H,20,23);1H/t11-,14-,16-;/m0./s1. The molecule has 0 unspecified atom stereocenters. The molecule has 1 heterocycles. The highest BCUT2D eigenvalue weighted by atomic mass is 35.5. The number of aliphatic hydroxyl groups is 1. The van der Waals surface area contributed by atoms with Gasteiger partial charge in [-0.15, -0.1) is 12.4 Å². The smallest absolute Gasteiger partial charge is 0.223 e. The number of carbonyl (C=O) groups excluding carboxylic acids is 1. The van der Waals surface area contributed by atoms with E-state index in [9.17, 15) is 9.90 Å². The molecule has 8 heteroatoms. The van der Waals surface area contributed by atoms with Gasteiger partial charge in [0.2, 0.25) is 5.91 Å². The Hall–Kier alpha value is -2.09. The zero-order valence-corrected chi connectivity index (χ0v) is 15.4. The van der Waals surface area contributed by atoms with E-state index < -0.39 is 6.10 Å². The van der Waals surface area contributed by atoms with Gasteiger partial charge in [-0.05, 0) is 31.4 Å². The first-order valence-electron chi connectivity index (χ1n) is 8.39. The van der Waals surface area contributed by atoms with Gasteiger partial charge in [-0.2, -0.15) is 0 Å². The van der Waals surface area contributed by atoms with Crippen molar-refractivity contribution in [1.82, 2.24) is 10.5 Å². The summed E-state index contributed by atoms with van der Waals surface area (Å²) >= 11 is 0. The van der Waals surface area contributed by atoms with Crippen LogP contribution in [0.4, 0.5) is 0 Å². The lowest BCUT2D eigenvalue weighted by molar-refractivity contribution is -0.127. The van der Waals surface area contributed by atoms with Gasteiger partial charge in [0.15, 0.2) is 5.76 Å². The van der Waals surface area contributed by atoms with Crippen molar-refractivity contribution in [3.8, 4) is 17.0 Å². The van der Waals surface area contributed by atoms with Crippen molar-refractivity contribution in [2.75, 3.05) is 7.11 Å². The lowest BCUT2D eigenvalue weighted by atomic mass is 9.84. The van der Waals surface area contributed by atoms with Gasteiger partial charge in [0.05, 0.1) is 19.8 Å². The van der Waals surface area contributed by atoms with E-state index in [2.05, 4.69) is 10.5 Å². The predicted octanol–water partition coefficient (Wildman–Crippen LogP) is 1.88. The third-order valence-corrected chi connectivity index (χ3v) is 4.62. The Morgan fingerprint density at radius 2 is 2.19 bits per heavy atom. The Kier molecular flexibility index (Phi) is 7.02. The number of nitrogens with one attached hydrogen (secondary N) is 1. The molecule has 0 radical (unpaired) electrons. The number of benzene rings is 1. The second kappa shape index (κ2) is 9.02. The highest BCUT2D eigenvalue weighted by Crippen LogP contribution is 2.29. The molecule has 0 aliphatic heterocycles. The van der Waals surface area contributed by atoms with E-state index in [1.807, 2.05) is 24.3 Å². The largest absolute Gasteiger partial charge is 0.496 e. The molecule has 2 aromatic rings. The van der Waals surface area contributed by atoms with Crippen LogP contribution in [0, 0.1) is 5.92 Å². The molecule has 1 saturated carbocycles. The number of halogens is 1. The molecule has 7 nitrogen and oxygen atoms in total. The second-order valence-electron chi connectivity index (χ2n) is 6.34. The number of ether oxygens (including phenoxy) is 1. The number of nitrogens with zero attached hydrogens (tertiary/aromatic N) is 1. The van der Waals surface area contributed by atoms with Crippen LogP contribution in [0.25, 0.3) is 11.3 Å². The van der Waals surface area contributed by atoms with Crippen LogP contribution in [0.1, 0.15) is 25.0 Å². The van der Waals surface area contributed by atoms with E-state index in [4.69, 9.17) is 15.0 Å². The second-order valence-corrected chi connectivity index (χ2v) is 6.34. The van der Waals surface area contributed by atoms with Gasteiger partial charge in [0.25, 0.3) is 0 Å². The number of aromatic nitrogens is 1. The maximum Gasteiger partial charge on any atom is 0.223 e. The number of aliphatic hydroxyl groups excluding tert-OH is 1. The summed E-state index contributed by atoms with van der Waals surface area (Å²) < 4.78 is 10.6. The number of carbonyl (C=O) groups is 1. The first kappa shape index (κ1) is 20.2. The zero-order valence-electron chi connectivity index (χ0n) is 14.6. The summed E-state index contributed by atoms with van der Waals surface area (Å²) in [5.74, 6) is 0.953. The molecule has 1 aliphatic carbocycles. The average molecular weight is 382 g/mol. The van der Waals surface area contributed by atoms with Gasteiger partial charge in [-0.1, -0.05) is 17.3 Å². The highest BCUT2D eigenvalue weighted by Gasteiger charge is 2.30. The van der Waals surface area contributed by atoms with Crippen molar-refractivity contribution in [2.45, 2.75) is 38.0 Å². The molecular formula is C18H24ClN3O4. The minimum Gasteiger partial charge on any atom is -0.496 e. The van der Waals surface area contributed by atoms with Gasteiger partial charge >= 0.3 is 0 Å². The van der Waals surface area contributed by atoms with Crippen LogP contribution in [-0.2, 0) is 11.3 Å². The molecule has 4 N–H and O–H groups in total. The third-order valence-electron chi connectivity index (χ3n) is 4.62. The van der Waals surface area contributed by atoms with Gasteiger partial charge in [0.1, 0.15) is 11.4 Å². The van der Waals surface area contributed by atoms with E-state index in [-0.39, 0.29) is 36.8 Å². The first-order chi connectivity index (χ1) is 12.1. The minimum atomic E-state index is -0.619. The Morgan fingerprint density at radius 1 is 1.42 bits per heavy atom. The Balaban J connectivity index is 0.00000243. The minimum absolute atomic E-state index is 0. The molecule has 1 amide bonds. The van der Waals surface area contributed by atoms with Gasteiger partial charge in [0, 0.05) is 23.6 Å². The number of rotatable bonds is 5. The summed E-state index contributed by atoms with van der Waals surface area (Å²) in [4.78, 5) is 12.3. The van der Waals surface area contributed by atoms with Gasteiger partial charge < -0.3 is 25.4 Å². The topological polar surface area (TPSA) is 111 Å². The SMILES string of the molecule is COc1ccccc1-c1cc(CNC(=O)[C@H]2CC[C@H](N)[C@@H](O)C2)on1.Cl. The first-order valence-corrected chi connectivity index (χ1v) is 8.39. The monoisotopic (exact) mass is 381 g/mol. The summed E-state index contributed by atoms with van der Waals surface area (Å²) in [6, 6.07) is 9.07. The number of hydrogen-bond donors (Lipinski definition) is 3. The molecule has 3 rings (SSSR count). The summed E-state index contributed by atoms with van der Waals surface area (Å²) in [5, 5.41) is 16.7. The maximum absolute atomic E-state index is 12.3. The summed E-state index contributed by atoms with van der Waals surface area (Å²) in [5.41, 5.74) is 7.25. The van der Waals surface area contributed by atoms with Crippen molar-refractivity contribution in [2.24, 2.45) is 11.7 Å². The van der Waals surface area contributed by atoms with Crippen LogP contribution in [0.5, 0.6) is 5.75 Å². The number of nitrogens with two attached hydrogens (primary N) is 1. The van der Waals surface area contributed by atoms with Crippen LogP contribution >= 0.6 is 12.4 Å². The van der Waals surface area contributed by atoms with Gasteiger partial charge in [-0.3, -0.25) is 4.79 Å². The van der Waals surface area contributed by atoms with Crippen molar-refractivity contribution in [3.05, 3.63) is 36.1 Å². The lowest BCUT2D eigenvalue weighted by Gasteiger charge is -2.29. The molecule has 142 valence electrons. The van der Waals surface area contributed by atoms with E-state index in [1.165, 1.54) is 0 Å². The van der Waals surface area contributed by atoms with Crippen LogP contribution in [0.15, 0.2) is 34.9 Å². The molecule has 0 saturated heterocycles. The average Bonchev–Trinajstić information content (AvgIpc) is 3.10. The fourth-order valence-electron chi connectivity index (χ4n) is 3.11. The fraction of sp³-hybridized carbons (Fsp3) is 0.444. The molecule has 1 aliphatic rings. The number of para-hydroxylation sites is 1. The number of amides is 1. The summed E-state index contributed by atoms with van der Waals surface area (Å²) in [7, 11) is 1.60. The van der Waals surface area contributed by atoms with E-state index in [0.29, 0.717) is 36.5 Å². The lowest BCUT2D eigenvalue weighted by Crippen LogP contribution is -2.44. The molecule has 1 fully saturated rings. The van der Waals surface area contributed by atoms with Crippen LogP contribution in [0.3, 0.4) is 0 Å². The molecule has 0 spiro atoms. The van der Waals surface area contributed by atoms with Gasteiger partial charge in [-0.25, -0.2) is 0 Å². The van der Waals surface area contributed by atoms with E-state index in [0.717, 1.165) is 5.56 Å². The molecule has 26 heavy (non-hydrogen) atoms. The normalized spacial score (nSPS) is 22.3. The third kappa shape index (κ3) is 4.55. The number of hydrogen-bond acceptors (Lipinski definition) is 6. The Bertz CT molecular complexity index is 737. The Morgan fingerprint density at radius 3 is 2.92 bits per heavy atom. The van der Waals surface area contributed by atoms with Crippen LogP contribution in [-0.4, -0.2) is 35.4 Å². The van der Waals surface area contributed by atoms with Crippen LogP contribution in [0.2, 0.25) is 0 Å². The quantitative estimate of drug-likeness (QED) is 0.729. The summed E-state index contributed by atoms with van der Waals surface area (Å²) in [6.07, 6.45) is 1.12. The zero-order chi connectivity index (χ0) is 17.8. The van der Waals surface area contributed by atoms with Crippen molar-refractivity contribution >= 4 is 18.3 Å². The van der Waals surface area contributed by atoms with Crippen molar-refractivity contribution in [1.29, 1.82) is 0 Å². The maximum atomic E-state index is 12.3. The van der Waals surface area contributed by atoms with Crippen molar-refractivity contribution in [3.63, 3.8) is 0 Å². The van der Waals surface area contributed by atoms with E-state index in [1.54, 1.807) is 13.2 Å². The predicted molar refractivity (Wildman–Crippen MR) is 98.9 cm³/mol. The van der Waals surface area contributed by atoms with E-state index >= 15 is 0 Å². The molecule has 3 atom stereocenters. The van der Waals surface area contributed by atoms with Crippen LogP contribution < -0.4 is 15.8 Å². The molecule has 1 aromatic heterocycles. The number of methoxy groups -OCH3 is 1. The fourth-order valence-corrected chi connectivity index (χ4v) is 3.11. The summed E-state index contributed by atoms with van der Waals surface area (Å²) in [6.45, 7) is 0.250. The molecule has 0 bridgehead atoms. The Labute approximate surface area is 158 Å². The van der Waals surface area contributed by atoms with Crippen molar-refractivity contribution < 1.29 is 19.2 Å².